The van der Waals surface area contributed by atoms with Crippen molar-refractivity contribution in [3.05, 3.63) is 131 Å². The molecule has 174 valence electrons. The smallest absolute Gasteiger partial charge is 0.235 e. The molecule has 0 aliphatic carbocycles. The normalized spacial score (nSPS) is 11.0. The Labute approximate surface area is 206 Å². The monoisotopic (exact) mass is 472 g/mol. The van der Waals surface area contributed by atoms with Gasteiger partial charge in [-0.25, -0.2) is 0 Å². The zero-order chi connectivity index (χ0) is 23.8. The summed E-state index contributed by atoms with van der Waals surface area (Å²) in [6.07, 6.45) is 2.04. The van der Waals surface area contributed by atoms with Crippen LogP contribution in [-0.2, 0) is 22.6 Å². The van der Waals surface area contributed by atoms with Crippen molar-refractivity contribution in [2.45, 2.75) is 19.0 Å². The topological polar surface area (TPSA) is 34.5 Å². The lowest BCUT2D eigenvalue weighted by molar-refractivity contribution is -0.133. The second kappa shape index (κ2) is 11.7. The van der Waals surface area contributed by atoms with E-state index in [2.05, 4.69) is 16.7 Å². The maximum absolute atomic E-state index is 14.0. The molecular formula is C29H29ClN2O2. The maximum Gasteiger partial charge on any atom is 0.235 e. The first-order valence-electron chi connectivity index (χ1n) is 11.4. The third-order valence-electron chi connectivity index (χ3n) is 5.91. The number of carbonyl (C=O) groups excluding carboxylic acids is 1. The van der Waals surface area contributed by atoms with Crippen LogP contribution in [0.2, 0.25) is 5.02 Å². The molecule has 34 heavy (non-hydrogen) atoms. The van der Waals surface area contributed by atoms with Crippen LogP contribution in [0.15, 0.2) is 103 Å². The second-order valence-corrected chi connectivity index (χ2v) is 8.70. The first kappa shape index (κ1) is 23.8. The van der Waals surface area contributed by atoms with Crippen LogP contribution >= 0.6 is 11.6 Å². The second-order valence-electron chi connectivity index (χ2n) is 8.26. The van der Waals surface area contributed by atoms with E-state index in [1.807, 2.05) is 96.0 Å². The highest BCUT2D eigenvalue weighted by atomic mass is 35.5. The molecule has 1 aromatic heterocycles. The molecule has 0 spiro atoms. The van der Waals surface area contributed by atoms with Gasteiger partial charge in [-0.1, -0.05) is 84.4 Å². The Hall–Kier alpha value is -3.34. The number of amides is 1. The minimum absolute atomic E-state index is 0.0601. The first-order chi connectivity index (χ1) is 16.7. The van der Waals surface area contributed by atoms with Crippen molar-refractivity contribution in [1.82, 2.24) is 9.47 Å². The van der Waals surface area contributed by atoms with E-state index in [1.165, 1.54) is 0 Å². The van der Waals surface area contributed by atoms with Gasteiger partial charge in [-0.3, -0.25) is 4.79 Å². The molecule has 0 unspecified atom stereocenters. The van der Waals surface area contributed by atoms with Crippen molar-refractivity contribution in [1.29, 1.82) is 0 Å². The third-order valence-corrected chi connectivity index (χ3v) is 6.14. The molecule has 0 aliphatic heterocycles. The number of aromatic nitrogens is 1. The molecule has 1 amide bonds. The average Bonchev–Trinajstić information content (AvgIpc) is 3.29. The van der Waals surface area contributed by atoms with Gasteiger partial charge in [0.2, 0.25) is 5.91 Å². The van der Waals surface area contributed by atoms with Gasteiger partial charge in [-0.2, -0.15) is 0 Å². The van der Waals surface area contributed by atoms with E-state index in [4.69, 9.17) is 16.3 Å². The molecule has 5 heteroatoms. The van der Waals surface area contributed by atoms with Crippen LogP contribution in [0.3, 0.4) is 0 Å². The standard InChI is InChI=1S/C29H29ClN2O2/c1-34-19-18-32(22-27-16-9-17-31(27)21-23-10-8-15-26(30)20-23)29(33)28(24-11-4-2-5-12-24)25-13-6-3-7-14-25/h2-17,20,28H,18-19,21-22H2,1H3. The number of hydrogen-bond donors (Lipinski definition) is 0. The van der Waals surface area contributed by atoms with Crippen LogP contribution in [0.5, 0.6) is 0 Å². The summed E-state index contributed by atoms with van der Waals surface area (Å²) in [6.45, 7) is 2.16. The van der Waals surface area contributed by atoms with Crippen LogP contribution < -0.4 is 0 Å². The Bertz CT molecular complexity index is 1150. The molecule has 1 heterocycles. The Kier molecular flexibility index (Phi) is 8.18. The van der Waals surface area contributed by atoms with Gasteiger partial charge in [0.1, 0.15) is 0 Å². The van der Waals surface area contributed by atoms with Crippen LogP contribution in [0.1, 0.15) is 28.3 Å². The first-order valence-corrected chi connectivity index (χ1v) is 11.8. The molecule has 0 saturated carbocycles. The van der Waals surface area contributed by atoms with Gasteiger partial charge in [0, 0.05) is 37.1 Å². The molecule has 4 aromatic rings. The van der Waals surface area contributed by atoms with Crippen LogP contribution in [0.4, 0.5) is 0 Å². The van der Waals surface area contributed by atoms with Crippen molar-refractivity contribution in [2.75, 3.05) is 20.3 Å². The predicted molar refractivity (Wildman–Crippen MR) is 137 cm³/mol. The summed E-state index contributed by atoms with van der Waals surface area (Å²) in [6, 6.07) is 31.9. The van der Waals surface area contributed by atoms with Gasteiger partial charge < -0.3 is 14.2 Å². The zero-order valence-corrected chi connectivity index (χ0v) is 20.1. The highest BCUT2D eigenvalue weighted by Gasteiger charge is 2.28. The minimum Gasteiger partial charge on any atom is -0.383 e. The fraction of sp³-hybridized carbons (Fsp3) is 0.207. The summed E-state index contributed by atoms with van der Waals surface area (Å²) in [5.41, 5.74) is 4.14. The van der Waals surface area contributed by atoms with Gasteiger partial charge in [-0.15, -0.1) is 0 Å². The van der Waals surface area contributed by atoms with Crippen molar-refractivity contribution in [3.63, 3.8) is 0 Å². The Morgan fingerprint density at radius 2 is 1.59 bits per heavy atom. The molecule has 0 saturated heterocycles. The summed E-state index contributed by atoms with van der Waals surface area (Å²) < 4.78 is 7.52. The number of carbonyl (C=O) groups is 1. The van der Waals surface area contributed by atoms with Gasteiger partial charge >= 0.3 is 0 Å². The lowest BCUT2D eigenvalue weighted by Crippen LogP contribution is -2.38. The number of ether oxygens (including phenoxy) is 1. The number of halogens is 1. The quantitative estimate of drug-likeness (QED) is 0.284. The minimum atomic E-state index is -0.379. The van der Waals surface area contributed by atoms with Crippen molar-refractivity contribution in [3.8, 4) is 0 Å². The largest absolute Gasteiger partial charge is 0.383 e. The molecule has 4 rings (SSSR count). The maximum atomic E-state index is 14.0. The fourth-order valence-electron chi connectivity index (χ4n) is 4.19. The number of methoxy groups -OCH3 is 1. The summed E-state index contributed by atoms with van der Waals surface area (Å²) in [7, 11) is 1.66. The van der Waals surface area contributed by atoms with E-state index >= 15 is 0 Å². The molecule has 0 atom stereocenters. The van der Waals surface area contributed by atoms with Gasteiger partial charge in [0.05, 0.1) is 19.1 Å². The van der Waals surface area contributed by atoms with Crippen LogP contribution in [0.25, 0.3) is 0 Å². The SMILES string of the molecule is COCCN(Cc1cccn1Cc1cccc(Cl)c1)C(=O)C(c1ccccc1)c1ccccc1. The fourth-order valence-corrected chi connectivity index (χ4v) is 4.41. The van der Waals surface area contributed by atoms with E-state index in [0.717, 1.165) is 27.4 Å². The molecule has 0 aliphatic rings. The van der Waals surface area contributed by atoms with Gasteiger partial charge in [0.25, 0.3) is 0 Å². The van der Waals surface area contributed by atoms with Crippen LogP contribution in [0, 0.1) is 0 Å². The van der Waals surface area contributed by atoms with Gasteiger partial charge in [-0.05, 0) is 41.0 Å². The molecular weight excluding hydrogens is 444 g/mol. The lowest BCUT2D eigenvalue weighted by Gasteiger charge is -2.28. The lowest BCUT2D eigenvalue weighted by atomic mass is 9.90. The highest BCUT2D eigenvalue weighted by Crippen LogP contribution is 2.28. The molecule has 3 aromatic carbocycles. The Morgan fingerprint density at radius 3 is 2.21 bits per heavy atom. The summed E-state index contributed by atoms with van der Waals surface area (Å²) in [5, 5.41) is 0.719. The molecule has 0 radical (unpaired) electrons. The van der Waals surface area contributed by atoms with E-state index < -0.39 is 0 Å². The van der Waals surface area contributed by atoms with Crippen molar-refractivity contribution in [2.24, 2.45) is 0 Å². The van der Waals surface area contributed by atoms with Crippen molar-refractivity contribution < 1.29 is 9.53 Å². The van der Waals surface area contributed by atoms with E-state index in [9.17, 15) is 4.79 Å². The number of rotatable bonds is 10. The van der Waals surface area contributed by atoms with Crippen molar-refractivity contribution >= 4 is 17.5 Å². The molecule has 4 nitrogen and oxygen atoms in total. The predicted octanol–water partition coefficient (Wildman–Crippen LogP) is 6.00. The summed E-state index contributed by atoms with van der Waals surface area (Å²) in [4.78, 5) is 15.9. The van der Waals surface area contributed by atoms with E-state index in [1.54, 1.807) is 7.11 Å². The Morgan fingerprint density at radius 1 is 0.912 bits per heavy atom. The van der Waals surface area contributed by atoms with Gasteiger partial charge in [0.15, 0.2) is 0 Å². The summed E-state index contributed by atoms with van der Waals surface area (Å²) >= 11 is 6.18. The number of nitrogens with zero attached hydrogens (tertiary/aromatic N) is 2. The Balaban J connectivity index is 1.63. The van der Waals surface area contributed by atoms with E-state index in [-0.39, 0.29) is 11.8 Å². The van der Waals surface area contributed by atoms with E-state index in [0.29, 0.717) is 26.2 Å². The summed E-state index contributed by atoms with van der Waals surface area (Å²) in [5.74, 6) is -0.319. The zero-order valence-electron chi connectivity index (χ0n) is 19.3. The van der Waals surface area contributed by atoms with Crippen LogP contribution in [-0.4, -0.2) is 35.6 Å². The number of hydrogen-bond acceptors (Lipinski definition) is 2. The third kappa shape index (κ3) is 5.96. The average molecular weight is 473 g/mol. The highest BCUT2D eigenvalue weighted by molar-refractivity contribution is 6.30. The number of benzene rings is 3. The molecule has 0 fully saturated rings. The molecule has 0 bridgehead atoms. The molecule has 0 N–H and O–H groups in total.